The monoisotopic (exact) mass is 287 g/mol. The van der Waals surface area contributed by atoms with Crippen LogP contribution in [0.3, 0.4) is 0 Å². The van der Waals surface area contributed by atoms with Crippen LogP contribution in [-0.2, 0) is 7.05 Å². The maximum Gasteiger partial charge on any atom is 0.327 e. The summed E-state index contributed by atoms with van der Waals surface area (Å²) in [6, 6.07) is 2.02. The first kappa shape index (κ1) is 14.2. The van der Waals surface area contributed by atoms with Gasteiger partial charge in [-0.25, -0.2) is 9.78 Å². The van der Waals surface area contributed by atoms with Gasteiger partial charge in [0.1, 0.15) is 5.52 Å². The summed E-state index contributed by atoms with van der Waals surface area (Å²) >= 11 is 0. The number of hydrogen-bond donors (Lipinski definition) is 1. The van der Waals surface area contributed by atoms with Gasteiger partial charge in [0.25, 0.3) is 0 Å². The Kier molecular flexibility index (Phi) is 3.74. The molecule has 1 aliphatic heterocycles. The van der Waals surface area contributed by atoms with Crippen molar-refractivity contribution in [3.05, 3.63) is 28.7 Å². The van der Waals surface area contributed by atoms with Crippen LogP contribution in [0.15, 0.2) is 17.1 Å². The number of aromatic nitrogens is 3. The minimum Gasteiger partial charge on any atom is -0.369 e. The molecule has 5 nitrogen and oxygen atoms in total. The van der Waals surface area contributed by atoms with Gasteiger partial charge in [0.15, 0.2) is 5.65 Å². The van der Waals surface area contributed by atoms with Crippen LogP contribution in [0.5, 0.6) is 0 Å². The van der Waals surface area contributed by atoms with Gasteiger partial charge in [-0.2, -0.15) is 0 Å². The molecular formula is C16H23N4O. The lowest BCUT2D eigenvalue weighted by Crippen LogP contribution is -2.36. The van der Waals surface area contributed by atoms with E-state index in [0.29, 0.717) is 5.92 Å². The van der Waals surface area contributed by atoms with Crippen molar-refractivity contribution >= 4 is 16.9 Å². The zero-order chi connectivity index (χ0) is 15.0. The van der Waals surface area contributed by atoms with Crippen LogP contribution >= 0.6 is 0 Å². The molecule has 0 unspecified atom stereocenters. The van der Waals surface area contributed by atoms with Gasteiger partial charge >= 0.3 is 5.69 Å². The summed E-state index contributed by atoms with van der Waals surface area (Å²) in [5.41, 5.74) is 2.60. The fourth-order valence-corrected chi connectivity index (χ4v) is 3.39. The van der Waals surface area contributed by atoms with Crippen LogP contribution in [0.2, 0.25) is 0 Å². The van der Waals surface area contributed by atoms with E-state index in [1.54, 1.807) is 17.8 Å². The average Bonchev–Trinajstić information content (AvgIpc) is 2.74. The number of fused-ring (bicyclic) bond motifs is 1. The maximum atomic E-state index is 11.8. The second kappa shape index (κ2) is 5.54. The number of aromatic amines is 1. The Morgan fingerprint density at radius 1 is 1.48 bits per heavy atom. The topological polar surface area (TPSA) is 53.9 Å². The number of H-pyrrole nitrogens is 1. The van der Waals surface area contributed by atoms with Gasteiger partial charge in [0.2, 0.25) is 0 Å². The van der Waals surface area contributed by atoms with E-state index in [-0.39, 0.29) is 5.69 Å². The largest absolute Gasteiger partial charge is 0.369 e. The Labute approximate surface area is 125 Å². The van der Waals surface area contributed by atoms with Gasteiger partial charge in [-0.3, -0.25) is 4.57 Å². The van der Waals surface area contributed by atoms with Gasteiger partial charge in [-0.05, 0) is 37.2 Å². The third-order valence-corrected chi connectivity index (χ3v) is 4.32. The van der Waals surface area contributed by atoms with Crippen LogP contribution in [0, 0.1) is 11.8 Å². The predicted molar refractivity (Wildman–Crippen MR) is 85.5 cm³/mol. The molecule has 113 valence electrons. The lowest BCUT2D eigenvalue weighted by molar-refractivity contribution is 0.399. The molecule has 0 aromatic carbocycles. The van der Waals surface area contributed by atoms with Crippen molar-refractivity contribution in [1.29, 1.82) is 0 Å². The van der Waals surface area contributed by atoms with E-state index < -0.39 is 0 Å². The molecule has 21 heavy (non-hydrogen) atoms. The first-order valence-electron chi connectivity index (χ1n) is 7.64. The SMILES string of the molecule is C[C](C)C[C@H]1CCCN(c2ccnc3c2[nH]c(=O)n3C)C1. The van der Waals surface area contributed by atoms with Crippen LogP contribution in [-0.4, -0.2) is 27.6 Å². The van der Waals surface area contributed by atoms with Crippen molar-refractivity contribution in [2.24, 2.45) is 13.0 Å². The van der Waals surface area contributed by atoms with Gasteiger partial charge < -0.3 is 9.88 Å². The molecule has 1 atom stereocenters. The Hall–Kier alpha value is -1.78. The van der Waals surface area contributed by atoms with Crippen LogP contribution < -0.4 is 10.6 Å². The highest BCUT2D eigenvalue weighted by molar-refractivity contribution is 5.86. The van der Waals surface area contributed by atoms with Crippen molar-refractivity contribution in [1.82, 2.24) is 14.5 Å². The van der Waals surface area contributed by atoms with E-state index in [1.807, 2.05) is 6.07 Å². The predicted octanol–water partition coefficient (Wildman–Crippen LogP) is 2.48. The van der Waals surface area contributed by atoms with Gasteiger partial charge in [-0.1, -0.05) is 13.8 Å². The molecule has 3 rings (SSSR count). The van der Waals surface area contributed by atoms with Gasteiger partial charge in [0, 0.05) is 26.3 Å². The van der Waals surface area contributed by atoms with Crippen LogP contribution in [0.1, 0.15) is 33.1 Å². The molecule has 0 spiro atoms. The number of rotatable bonds is 3. The first-order valence-corrected chi connectivity index (χ1v) is 7.64. The smallest absolute Gasteiger partial charge is 0.327 e. The molecular weight excluding hydrogens is 264 g/mol. The zero-order valence-corrected chi connectivity index (χ0v) is 13.0. The lowest BCUT2D eigenvalue weighted by atomic mass is 9.89. The van der Waals surface area contributed by atoms with E-state index >= 15 is 0 Å². The molecule has 1 fully saturated rings. The number of nitrogens with one attached hydrogen (secondary N) is 1. The standard InChI is InChI=1S/C16H23N4O/c1-11(2)9-12-5-4-8-20(10-12)13-6-7-17-15-14(13)18-16(21)19(15)3/h6-7,12H,4-5,8-10H2,1-3H3,(H,18,21)/t12-/m1/s1. The summed E-state index contributed by atoms with van der Waals surface area (Å²) in [4.78, 5) is 21.5. The van der Waals surface area contributed by atoms with E-state index in [2.05, 4.69) is 28.7 Å². The molecule has 0 aliphatic carbocycles. The maximum absolute atomic E-state index is 11.8. The fraction of sp³-hybridized carbons (Fsp3) is 0.562. The highest BCUT2D eigenvalue weighted by atomic mass is 16.1. The summed E-state index contributed by atoms with van der Waals surface area (Å²) in [5.74, 6) is 2.21. The second-order valence-corrected chi connectivity index (χ2v) is 6.38. The number of nitrogens with zero attached hydrogens (tertiary/aromatic N) is 3. The molecule has 2 aromatic heterocycles. The van der Waals surface area contributed by atoms with Crippen LogP contribution in [0.4, 0.5) is 5.69 Å². The molecule has 1 radical (unpaired) electrons. The van der Waals surface area contributed by atoms with Crippen molar-refractivity contribution in [2.45, 2.75) is 33.1 Å². The third kappa shape index (κ3) is 2.69. The molecule has 0 bridgehead atoms. The molecule has 2 aromatic rings. The Balaban J connectivity index is 1.93. The Bertz CT molecular complexity index is 685. The molecule has 0 amide bonds. The molecule has 5 heteroatoms. The fourth-order valence-electron chi connectivity index (χ4n) is 3.39. The zero-order valence-electron chi connectivity index (χ0n) is 13.0. The summed E-state index contributed by atoms with van der Waals surface area (Å²) < 4.78 is 1.57. The van der Waals surface area contributed by atoms with Crippen molar-refractivity contribution in [3.8, 4) is 0 Å². The van der Waals surface area contributed by atoms with E-state index in [4.69, 9.17) is 0 Å². The minimum atomic E-state index is -0.101. The minimum absolute atomic E-state index is 0.101. The highest BCUT2D eigenvalue weighted by Crippen LogP contribution is 2.30. The lowest BCUT2D eigenvalue weighted by Gasteiger charge is -2.35. The number of hydrogen-bond acceptors (Lipinski definition) is 3. The summed E-state index contributed by atoms with van der Waals surface area (Å²) in [7, 11) is 1.76. The van der Waals surface area contributed by atoms with Crippen LogP contribution in [0.25, 0.3) is 11.2 Å². The number of pyridine rings is 1. The van der Waals surface area contributed by atoms with Crippen molar-refractivity contribution in [3.63, 3.8) is 0 Å². The Morgan fingerprint density at radius 3 is 3.05 bits per heavy atom. The normalized spacial score (nSPS) is 19.6. The van der Waals surface area contributed by atoms with Gasteiger partial charge in [-0.15, -0.1) is 0 Å². The summed E-state index contributed by atoms with van der Waals surface area (Å²) in [5, 5.41) is 0. The molecule has 3 heterocycles. The summed E-state index contributed by atoms with van der Waals surface area (Å²) in [6.45, 7) is 6.52. The first-order chi connectivity index (χ1) is 10.1. The number of anilines is 1. The highest BCUT2D eigenvalue weighted by Gasteiger charge is 2.23. The quantitative estimate of drug-likeness (QED) is 0.943. The van der Waals surface area contributed by atoms with E-state index in [0.717, 1.165) is 29.9 Å². The molecule has 1 aliphatic rings. The molecule has 0 saturated carbocycles. The van der Waals surface area contributed by atoms with Crippen molar-refractivity contribution < 1.29 is 0 Å². The number of piperidine rings is 1. The molecule has 1 saturated heterocycles. The second-order valence-electron chi connectivity index (χ2n) is 6.38. The number of aryl methyl sites for hydroxylation is 1. The third-order valence-electron chi connectivity index (χ3n) is 4.32. The van der Waals surface area contributed by atoms with Gasteiger partial charge in [0.05, 0.1) is 5.69 Å². The Morgan fingerprint density at radius 2 is 2.29 bits per heavy atom. The van der Waals surface area contributed by atoms with Crippen molar-refractivity contribution in [2.75, 3.05) is 18.0 Å². The van der Waals surface area contributed by atoms with E-state index in [1.165, 1.54) is 25.2 Å². The number of imidazole rings is 1. The van der Waals surface area contributed by atoms with E-state index in [9.17, 15) is 4.79 Å². The molecule has 1 N–H and O–H groups in total. The average molecular weight is 287 g/mol. The summed E-state index contributed by atoms with van der Waals surface area (Å²) in [6.07, 6.45) is 5.49.